The first kappa shape index (κ1) is 14.6. The minimum Gasteiger partial charge on any atom is -0.311 e. The zero-order chi connectivity index (χ0) is 13.9. The Kier molecular flexibility index (Phi) is 4.67. The maximum Gasteiger partial charge on any atom is 0.00721 e. The average Bonchev–Trinajstić information content (AvgIpc) is 2.75. The Hall–Kier alpha value is -0.820. The minimum atomic E-state index is 0.248. The highest BCUT2D eigenvalue weighted by molar-refractivity contribution is 5.23. The first-order chi connectivity index (χ1) is 8.97. The van der Waals surface area contributed by atoms with Crippen LogP contribution in [0.25, 0.3) is 0 Å². The lowest BCUT2D eigenvalue weighted by Crippen LogP contribution is -2.38. The van der Waals surface area contributed by atoms with Gasteiger partial charge in [0.05, 0.1) is 0 Å². The first-order valence-corrected chi connectivity index (χ1v) is 7.79. The summed E-state index contributed by atoms with van der Waals surface area (Å²) < 4.78 is 0. The van der Waals surface area contributed by atoms with Gasteiger partial charge in [-0.1, -0.05) is 51.1 Å². The fourth-order valence-electron chi connectivity index (χ4n) is 3.59. The molecule has 0 heterocycles. The number of hydrogen-bond donors (Lipinski definition) is 1. The van der Waals surface area contributed by atoms with Crippen LogP contribution in [0.1, 0.15) is 58.9 Å². The van der Waals surface area contributed by atoms with Crippen LogP contribution in [-0.2, 0) is 5.41 Å². The fourth-order valence-corrected chi connectivity index (χ4v) is 3.59. The van der Waals surface area contributed by atoms with Crippen molar-refractivity contribution in [2.45, 2.75) is 70.9 Å². The molecule has 0 aromatic heterocycles. The van der Waals surface area contributed by atoms with Crippen LogP contribution in [0.4, 0.5) is 0 Å². The van der Waals surface area contributed by atoms with Gasteiger partial charge in [-0.25, -0.2) is 0 Å². The molecule has 1 aliphatic rings. The molecular formula is C18H29N. The average molecular weight is 259 g/mol. The summed E-state index contributed by atoms with van der Waals surface area (Å²) in [5.74, 6) is 0.909. The smallest absolute Gasteiger partial charge is 0.00721 e. The van der Waals surface area contributed by atoms with E-state index in [0.717, 1.165) is 12.0 Å². The van der Waals surface area contributed by atoms with Crippen molar-refractivity contribution in [2.24, 2.45) is 5.92 Å². The molecular weight excluding hydrogens is 230 g/mol. The number of benzene rings is 1. The van der Waals surface area contributed by atoms with Gasteiger partial charge in [0.2, 0.25) is 0 Å². The predicted octanol–water partition coefficient (Wildman–Crippen LogP) is 4.52. The van der Waals surface area contributed by atoms with Crippen LogP contribution < -0.4 is 5.32 Å². The number of hydrogen-bond acceptors (Lipinski definition) is 1. The standard InChI is InChI=1S/C18H29N/c1-14-10-11-17(12-14)19-15(2)13-18(3,4)16-8-6-5-7-9-16/h5-9,14-15,17,19H,10-13H2,1-4H3. The van der Waals surface area contributed by atoms with Crippen molar-refractivity contribution in [1.29, 1.82) is 0 Å². The normalized spacial score (nSPS) is 25.5. The van der Waals surface area contributed by atoms with Gasteiger partial charge in [0, 0.05) is 12.1 Å². The van der Waals surface area contributed by atoms with Crippen LogP contribution in [0.5, 0.6) is 0 Å². The molecule has 0 spiro atoms. The Morgan fingerprint density at radius 1 is 1.21 bits per heavy atom. The van der Waals surface area contributed by atoms with Gasteiger partial charge < -0.3 is 5.32 Å². The Morgan fingerprint density at radius 3 is 2.47 bits per heavy atom. The van der Waals surface area contributed by atoms with Crippen molar-refractivity contribution >= 4 is 0 Å². The molecule has 1 aliphatic carbocycles. The number of rotatable bonds is 5. The molecule has 106 valence electrons. The van der Waals surface area contributed by atoms with E-state index in [0.29, 0.717) is 6.04 Å². The van der Waals surface area contributed by atoms with E-state index >= 15 is 0 Å². The van der Waals surface area contributed by atoms with Crippen LogP contribution in [0, 0.1) is 5.92 Å². The molecule has 0 saturated heterocycles. The highest BCUT2D eigenvalue weighted by Gasteiger charge is 2.26. The Balaban J connectivity index is 1.89. The van der Waals surface area contributed by atoms with Gasteiger partial charge in [0.1, 0.15) is 0 Å². The van der Waals surface area contributed by atoms with Crippen molar-refractivity contribution in [2.75, 3.05) is 0 Å². The molecule has 1 N–H and O–H groups in total. The monoisotopic (exact) mass is 259 g/mol. The highest BCUT2D eigenvalue weighted by Crippen LogP contribution is 2.30. The number of nitrogens with one attached hydrogen (secondary N) is 1. The van der Waals surface area contributed by atoms with Gasteiger partial charge in [0.25, 0.3) is 0 Å². The van der Waals surface area contributed by atoms with E-state index in [1.165, 1.54) is 31.2 Å². The topological polar surface area (TPSA) is 12.0 Å². The summed E-state index contributed by atoms with van der Waals surface area (Å²) in [4.78, 5) is 0. The van der Waals surface area contributed by atoms with Crippen LogP contribution in [-0.4, -0.2) is 12.1 Å². The second-order valence-electron chi connectivity index (χ2n) is 7.14. The van der Waals surface area contributed by atoms with Crippen LogP contribution in [0.2, 0.25) is 0 Å². The Bertz CT molecular complexity index is 382. The third-order valence-electron chi connectivity index (χ3n) is 4.59. The van der Waals surface area contributed by atoms with Crippen molar-refractivity contribution in [3.63, 3.8) is 0 Å². The summed E-state index contributed by atoms with van der Waals surface area (Å²) in [5, 5.41) is 3.84. The van der Waals surface area contributed by atoms with Gasteiger partial charge in [0.15, 0.2) is 0 Å². The molecule has 2 rings (SSSR count). The van der Waals surface area contributed by atoms with E-state index in [1.54, 1.807) is 0 Å². The van der Waals surface area contributed by atoms with Gasteiger partial charge in [-0.3, -0.25) is 0 Å². The molecule has 3 unspecified atom stereocenters. The van der Waals surface area contributed by atoms with Crippen LogP contribution >= 0.6 is 0 Å². The molecule has 1 aromatic carbocycles. The summed E-state index contributed by atoms with van der Waals surface area (Å²) in [5.41, 5.74) is 1.70. The largest absolute Gasteiger partial charge is 0.311 e. The molecule has 1 aromatic rings. The highest BCUT2D eigenvalue weighted by atomic mass is 14.9. The van der Waals surface area contributed by atoms with E-state index in [1.807, 2.05) is 0 Å². The second kappa shape index (κ2) is 6.09. The molecule has 0 bridgehead atoms. The van der Waals surface area contributed by atoms with Gasteiger partial charge in [-0.15, -0.1) is 0 Å². The molecule has 0 aliphatic heterocycles. The quantitative estimate of drug-likeness (QED) is 0.819. The van der Waals surface area contributed by atoms with E-state index in [9.17, 15) is 0 Å². The van der Waals surface area contributed by atoms with Gasteiger partial charge >= 0.3 is 0 Å². The SMILES string of the molecule is CC1CCC(NC(C)CC(C)(C)c2ccccc2)C1. The van der Waals surface area contributed by atoms with Gasteiger partial charge in [-0.2, -0.15) is 0 Å². The lowest BCUT2D eigenvalue weighted by molar-refractivity contribution is 0.353. The molecule has 3 atom stereocenters. The first-order valence-electron chi connectivity index (χ1n) is 7.79. The van der Waals surface area contributed by atoms with Crippen LogP contribution in [0.3, 0.4) is 0 Å². The van der Waals surface area contributed by atoms with Gasteiger partial charge in [-0.05, 0) is 49.5 Å². The van der Waals surface area contributed by atoms with E-state index in [2.05, 4.69) is 63.3 Å². The Labute approximate surface area is 118 Å². The summed E-state index contributed by atoms with van der Waals surface area (Å²) in [6.45, 7) is 9.43. The lowest BCUT2D eigenvalue weighted by atomic mass is 9.79. The molecule has 19 heavy (non-hydrogen) atoms. The zero-order valence-corrected chi connectivity index (χ0v) is 12.9. The maximum atomic E-state index is 3.84. The zero-order valence-electron chi connectivity index (χ0n) is 12.9. The summed E-state index contributed by atoms with van der Waals surface area (Å²) in [7, 11) is 0. The van der Waals surface area contributed by atoms with E-state index in [-0.39, 0.29) is 5.41 Å². The van der Waals surface area contributed by atoms with Crippen molar-refractivity contribution in [1.82, 2.24) is 5.32 Å². The van der Waals surface area contributed by atoms with Crippen molar-refractivity contribution < 1.29 is 0 Å². The third kappa shape index (κ3) is 4.07. The molecule has 0 radical (unpaired) electrons. The van der Waals surface area contributed by atoms with Crippen molar-refractivity contribution in [3.05, 3.63) is 35.9 Å². The van der Waals surface area contributed by atoms with Crippen molar-refractivity contribution in [3.8, 4) is 0 Å². The molecule has 0 amide bonds. The maximum absolute atomic E-state index is 3.84. The van der Waals surface area contributed by atoms with E-state index in [4.69, 9.17) is 0 Å². The summed E-state index contributed by atoms with van der Waals surface area (Å²) in [6, 6.07) is 12.2. The fraction of sp³-hybridized carbons (Fsp3) is 0.667. The van der Waals surface area contributed by atoms with Crippen LogP contribution in [0.15, 0.2) is 30.3 Å². The molecule has 1 nitrogen and oxygen atoms in total. The molecule has 1 saturated carbocycles. The minimum absolute atomic E-state index is 0.248. The summed E-state index contributed by atoms with van der Waals surface area (Å²) in [6.07, 6.45) is 5.31. The predicted molar refractivity (Wildman–Crippen MR) is 83.5 cm³/mol. The molecule has 1 fully saturated rings. The Morgan fingerprint density at radius 2 is 1.89 bits per heavy atom. The third-order valence-corrected chi connectivity index (χ3v) is 4.59. The molecule has 1 heteroatoms. The van der Waals surface area contributed by atoms with E-state index < -0.39 is 0 Å². The second-order valence-corrected chi connectivity index (χ2v) is 7.14. The lowest BCUT2D eigenvalue weighted by Gasteiger charge is -2.30. The summed E-state index contributed by atoms with van der Waals surface area (Å²) >= 11 is 0.